The van der Waals surface area contributed by atoms with Crippen molar-refractivity contribution in [2.75, 3.05) is 25.0 Å². The van der Waals surface area contributed by atoms with Crippen molar-refractivity contribution in [1.29, 1.82) is 0 Å². The summed E-state index contributed by atoms with van der Waals surface area (Å²) < 4.78 is 1.85. The fourth-order valence-corrected chi connectivity index (χ4v) is 3.79. The summed E-state index contributed by atoms with van der Waals surface area (Å²) in [5.74, 6) is 1.60. The molecule has 1 saturated heterocycles. The fourth-order valence-electron chi connectivity index (χ4n) is 3.79. The van der Waals surface area contributed by atoms with E-state index in [0.717, 1.165) is 37.6 Å². The van der Waals surface area contributed by atoms with Gasteiger partial charge in [0.05, 0.1) is 13.1 Å². The molecule has 0 aliphatic carbocycles. The van der Waals surface area contributed by atoms with Gasteiger partial charge in [-0.05, 0) is 44.0 Å². The number of urea groups is 1. The summed E-state index contributed by atoms with van der Waals surface area (Å²) in [5.41, 5.74) is 1.35. The Bertz CT molecular complexity index is 852. The molecule has 0 bridgehead atoms. The van der Waals surface area contributed by atoms with E-state index in [2.05, 4.69) is 15.4 Å². The first-order valence-corrected chi connectivity index (χ1v) is 9.96. The first-order valence-electron chi connectivity index (χ1n) is 9.96. The number of hydrogen-bond donors (Lipinski definition) is 1. The maximum Gasteiger partial charge on any atom is 0.322 e. The average Bonchev–Trinajstić information content (AvgIpc) is 2.89. The molecular weight excluding hydrogens is 356 g/mol. The number of amides is 3. The minimum Gasteiger partial charge on any atom is -0.339 e. The Morgan fingerprint density at radius 3 is 2.36 bits per heavy atom. The van der Waals surface area contributed by atoms with Crippen molar-refractivity contribution in [3.63, 3.8) is 0 Å². The van der Waals surface area contributed by atoms with Gasteiger partial charge in [0.1, 0.15) is 11.6 Å². The van der Waals surface area contributed by atoms with Crippen molar-refractivity contribution in [3.05, 3.63) is 41.5 Å². The predicted molar refractivity (Wildman–Crippen MR) is 105 cm³/mol. The Morgan fingerprint density at radius 2 is 1.64 bits per heavy atom. The Hall–Kier alpha value is -2.90. The van der Waals surface area contributed by atoms with Crippen LogP contribution in [0.5, 0.6) is 0 Å². The lowest BCUT2D eigenvalue weighted by Crippen LogP contribution is -2.41. The zero-order valence-electron chi connectivity index (χ0n) is 16.2. The molecule has 148 valence electrons. The van der Waals surface area contributed by atoms with Crippen LogP contribution in [-0.4, -0.2) is 56.1 Å². The largest absolute Gasteiger partial charge is 0.339 e. The van der Waals surface area contributed by atoms with Crippen molar-refractivity contribution in [1.82, 2.24) is 24.6 Å². The van der Waals surface area contributed by atoms with Gasteiger partial charge in [0.2, 0.25) is 0 Å². The zero-order valence-corrected chi connectivity index (χ0v) is 16.2. The number of likely N-dealkylation sites (tertiary alicyclic amines) is 1. The molecule has 1 aromatic carbocycles. The third-order valence-corrected chi connectivity index (χ3v) is 5.33. The van der Waals surface area contributed by atoms with Gasteiger partial charge in [0.25, 0.3) is 5.91 Å². The van der Waals surface area contributed by atoms with E-state index < -0.39 is 0 Å². The Balaban J connectivity index is 1.36. The second kappa shape index (κ2) is 8.00. The van der Waals surface area contributed by atoms with Gasteiger partial charge in [-0.15, -0.1) is 0 Å². The number of carbonyl (C=O) groups is 2. The highest BCUT2D eigenvalue weighted by Gasteiger charge is 2.23. The van der Waals surface area contributed by atoms with Crippen LogP contribution in [0.2, 0.25) is 0 Å². The monoisotopic (exact) mass is 382 g/mol. The lowest BCUT2D eigenvalue weighted by atomic mass is 10.1. The van der Waals surface area contributed by atoms with Crippen LogP contribution in [0.3, 0.4) is 0 Å². The molecule has 0 atom stereocenters. The second-order valence-electron chi connectivity index (χ2n) is 7.43. The first-order chi connectivity index (χ1) is 13.6. The molecule has 3 amide bonds. The number of anilines is 1. The number of fused-ring (bicyclic) bond motifs is 1. The normalized spacial score (nSPS) is 17.0. The zero-order chi connectivity index (χ0) is 19.5. The minimum atomic E-state index is -0.168. The standard InChI is InChI=1S/C20H26N6O2/c1-15-21-18-14-25(12-13-26(18)23-15)20(28)22-17-8-6-16(7-9-17)19(27)24-10-4-2-3-5-11-24/h6-9H,2-5,10-14H2,1H3,(H,22,28). The molecule has 8 heteroatoms. The molecule has 28 heavy (non-hydrogen) atoms. The maximum atomic E-state index is 12.7. The number of nitrogens with zero attached hydrogens (tertiary/aromatic N) is 5. The predicted octanol–water partition coefficient (Wildman–Crippen LogP) is 2.65. The minimum absolute atomic E-state index is 0.0745. The number of rotatable bonds is 2. The molecule has 2 aliphatic rings. The van der Waals surface area contributed by atoms with Gasteiger partial charge in [-0.25, -0.2) is 14.5 Å². The molecule has 3 heterocycles. The molecule has 1 aromatic heterocycles. The Kier molecular flexibility index (Phi) is 5.27. The van der Waals surface area contributed by atoms with E-state index in [1.54, 1.807) is 29.2 Å². The molecule has 4 rings (SSSR count). The number of nitrogens with one attached hydrogen (secondary N) is 1. The van der Waals surface area contributed by atoms with Gasteiger partial charge < -0.3 is 15.1 Å². The molecule has 2 aliphatic heterocycles. The van der Waals surface area contributed by atoms with E-state index in [0.29, 0.717) is 30.9 Å². The molecule has 1 fully saturated rings. The van der Waals surface area contributed by atoms with E-state index in [4.69, 9.17) is 0 Å². The topological polar surface area (TPSA) is 83.4 Å². The van der Waals surface area contributed by atoms with Crippen molar-refractivity contribution in [2.24, 2.45) is 0 Å². The summed E-state index contributed by atoms with van der Waals surface area (Å²) in [5, 5.41) is 7.22. The summed E-state index contributed by atoms with van der Waals surface area (Å²) in [6.07, 6.45) is 4.54. The molecule has 0 saturated carbocycles. The van der Waals surface area contributed by atoms with Crippen LogP contribution in [0.1, 0.15) is 47.7 Å². The summed E-state index contributed by atoms with van der Waals surface area (Å²) in [4.78, 5) is 33.3. The highest BCUT2D eigenvalue weighted by Crippen LogP contribution is 2.17. The van der Waals surface area contributed by atoms with Crippen LogP contribution in [0.15, 0.2) is 24.3 Å². The lowest BCUT2D eigenvalue weighted by Gasteiger charge is -2.27. The van der Waals surface area contributed by atoms with Gasteiger partial charge in [-0.1, -0.05) is 12.8 Å². The Labute approximate surface area is 164 Å². The number of carbonyl (C=O) groups excluding carboxylic acids is 2. The quantitative estimate of drug-likeness (QED) is 0.866. The highest BCUT2D eigenvalue weighted by atomic mass is 16.2. The highest BCUT2D eigenvalue weighted by molar-refractivity contribution is 5.95. The molecule has 2 aromatic rings. The van der Waals surface area contributed by atoms with Crippen LogP contribution in [-0.2, 0) is 13.1 Å². The third-order valence-electron chi connectivity index (χ3n) is 5.33. The lowest BCUT2D eigenvalue weighted by molar-refractivity contribution is 0.0761. The van der Waals surface area contributed by atoms with Gasteiger partial charge in [0, 0.05) is 30.9 Å². The molecule has 0 spiro atoms. The molecular formula is C20H26N6O2. The summed E-state index contributed by atoms with van der Waals surface area (Å²) >= 11 is 0. The van der Waals surface area contributed by atoms with Gasteiger partial charge in [-0.3, -0.25) is 4.79 Å². The summed E-state index contributed by atoms with van der Waals surface area (Å²) in [6, 6.07) is 7.00. The first kappa shape index (κ1) is 18.5. The van der Waals surface area contributed by atoms with Crippen molar-refractivity contribution in [3.8, 4) is 0 Å². The van der Waals surface area contributed by atoms with Crippen molar-refractivity contribution in [2.45, 2.75) is 45.7 Å². The van der Waals surface area contributed by atoms with Gasteiger partial charge in [-0.2, -0.15) is 5.10 Å². The van der Waals surface area contributed by atoms with E-state index in [9.17, 15) is 9.59 Å². The van der Waals surface area contributed by atoms with Crippen molar-refractivity contribution >= 4 is 17.6 Å². The number of aryl methyl sites for hydroxylation is 1. The van der Waals surface area contributed by atoms with E-state index in [1.807, 2.05) is 16.5 Å². The van der Waals surface area contributed by atoms with Gasteiger partial charge >= 0.3 is 6.03 Å². The van der Waals surface area contributed by atoms with Crippen molar-refractivity contribution < 1.29 is 9.59 Å². The number of hydrogen-bond acceptors (Lipinski definition) is 4. The van der Waals surface area contributed by atoms with E-state index in [-0.39, 0.29) is 11.9 Å². The van der Waals surface area contributed by atoms with E-state index >= 15 is 0 Å². The molecule has 0 unspecified atom stereocenters. The second-order valence-corrected chi connectivity index (χ2v) is 7.43. The van der Waals surface area contributed by atoms with Gasteiger partial charge in [0.15, 0.2) is 0 Å². The Morgan fingerprint density at radius 1 is 0.929 bits per heavy atom. The number of aromatic nitrogens is 3. The molecule has 0 radical (unpaired) electrons. The molecule has 8 nitrogen and oxygen atoms in total. The summed E-state index contributed by atoms with van der Waals surface area (Å²) in [6.45, 7) is 5.19. The fraction of sp³-hybridized carbons (Fsp3) is 0.500. The van der Waals surface area contributed by atoms with E-state index in [1.165, 1.54) is 12.8 Å². The van der Waals surface area contributed by atoms with Crippen LogP contribution in [0.4, 0.5) is 10.5 Å². The number of benzene rings is 1. The van der Waals surface area contributed by atoms with Crippen LogP contribution < -0.4 is 5.32 Å². The SMILES string of the molecule is Cc1nc2n(n1)CCN(C(=O)Nc1ccc(C(=O)N3CCCCCC3)cc1)C2. The van der Waals surface area contributed by atoms with Crippen LogP contribution in [0, 0.1) is 6.92 Å². The smallest absolute Gasteiger partial charge is 0.322 e. The maximum absolute atomic E-state index is 12.7. The third kappa shape index (κ3) is 4.00. The van der Waals surface area contributed by atoms with Crippen LogP contribution in [0.25, 0.3) is 0 Å². The summed E-state index contributed by atoms with van der Waals surface area (Å²) in [7, 11) is 0. The molecule has 1 N–H and O–H groups in total. The van der Waals surface area contributed by atoms with Crippen LogP contribution >= 0.6 is 0 Å². The average molecular weight is 382 g/mol.